The van der Waals surface area contributed by atoms with Crippen LogP contribution in [-0.4, -0.2) is 53.5 Å². The molecular weight excluding hydrogens is 382 g/mol. The maximum Gasteiger partial charge on any atom is 0.243 e. The van der Waals surface area contributed by atoms with Crippen LogP contribution in [0.1, 0.15) is 32.4 Å². The molecule has 3 amide bonds. The van der Waals surface area contributed by atoms with Crippen molar-refractivity contribution in [3.8, 4) is 0 Å². The number of rotatable bonds is 6. The third kappa shape index (κ3) is 3.86. The number of amides is 3. The summed E-state index contributed by atoms with van der Waals surface area (Å²) in [5.41, 5.74) is 0.753. The van der Waals surface area contributed by atoms with Gasteiger partial charge in [0.15, 0.2) is 0 Å². The number of fused-ring (bicyclic) bond motifs is 1. The van der Waals surface area contributed by atoms with Crippen molar-refractivity contribution in [1.82, 2.24) is 15.5 Å². The Morgan fingerprint density at radius 1 is 1.13 bits per heavy atom. The highest BCUT2D eigenvalue weighted by Crippen LogP contribution is 2.46. The molecule has 162 valence electrons. The molecule has 3 N–H and O–H groups in total. The molecular formula is C23H31N3O4. The Kier molecular flexibility index (Phi) is 6.61. The van der Waals surface area contributed by atoms with Gasteiger partial charge in [-0.1, -0.05) is 49.4 Å². The molecule has 0 bridgehead atoms. The van der Waals surface area contributed by atoms with Crippen LogP contribution in [0, 0.1) is 23.7 Å². The Hall–Kier alpha value is -2.67. The first-order valence-corrected chi connectivity index (χ1v) is 10.5. The molecule has 0 aromatic heterocycles. The number of hydrogen-bond acceptors (Lipinski definition) is 4. The van der Waals surface area contributed by atoms with Crippen molar-refractivity contribution in [3.05, 3.63) is 48.0 Å². The standard InChI is InChI=1S/C23H31N3O4/c1-13(2)25-22(29)20-16-11-10-14(3)18(21(28)24-4)19(16)23(30)26(20)17(12-27)15-8-6-5-7-9-15/h5-11,13-14,16-20,27H,12H2,1-4H3,(H,24,28)(H,25,29)/t14-,16+,17-,18-,19+,20+/m1/s1. The lowest BCUT2D eigenvalue weighted by Gasteiger charge is -2.34. The number of allylic oxidation sites excluding steroid dienone is 1. The minimum atomic E-state index is -0.793. The zero-order valence-electron chi connectivity index (χ0n) is 17.9. The molecule has 1 fully saturated rings. The van der Waals surface area contributed by atoms with Gasteiger partial charge in [0.1, 0.15) is 6.04 Å². The van der Waals surface area contributed by atoms with E-state index in [4.69, 9.17) is 0 Å². The van der Waals surface area contributed by atoms with Gasteiger partial charge in [0.25, 0.3) is 0 Å². The highest BCUT2D eigenvalue weighted by molar-refractivity contribution is 5.97. The minimum absolute atomic E-state index is 0.0981. The van der Waals surface area contributed by atoms with Gasteiger partial charge in [0, 0.05) is 19.0 Å². The third-order valence-corrected chi connectivity index (χ3v) is 6.15. The molecule has 0 radical (unpaired) electrons. The first-order chi connectivity index (χ1) is 14.3. The van der Waals surface area contributed by atoms with Crippen LogP contribution in [0.2, 0.25) is 0 Å². The summed E-state index contributed by atoms with van der Waals surface area (Å²) in [5.74, 6) is -2.52. The number of carbonyl (C=O) groups excluding carboxylic acids is 3. The smallest absolute Gasteiger partial charge is 0.243 e. The Labute approximate surface area is 177 Å². The van der Waals surface area contributed by atoms with E-state index in [-0.39, 0.29) is 36.3 Å². The monoisotopic (exact) mass is 413 g/mol. The predicted octanol–water partition coefficient (Wildman–Crippen LogP) is 1.26. The second-order valence-electron chi connectivity index (χ2n) is 8.45. The van der Waals surface area contributed by atoms with Crippen molar-refractivity contribution in [1.29, 1.82) is 0 Å². The summed E-state index contributed by atoms with van der Waals surface area (Å²) >= 11 is 0. The molecule has 1 saturated heterocycles. The van der Waals surface area contributed by atoms with Gasteiger partial charge in [-0.2, -0.15) is 0 Å². The average molecular weight is 414 g/mol. The van der Waals surface area contributed by atoms with Crippen LogP contribution in [0.4, 0.5) is 0 Å². The van der Waals surface area contributed by atoms with E-state index >= 15 is 0 Å². The zero-order chi connectivity index (χ0) is 22.0. The topological polar surface area (TPSA) is 98.7 Å². The number of aliphatic hydroxyl groups is 1. The summed E-state index contributed by atoms with van der Waals surface area (Å²) in [4.78, 5) is 41.1. The molecule has 3 rings (SSSR count). The summed E-state index contributed by atoms with van der Waals surface area (Å²) in [5, 5.41) is 15.8. The SMILES string of the molecule is CNC(=O)[C@H]1[C@H]2C(=O)N([C@H](CO)c3ccccc3)[C@H](C(=O)NC(C)C)[C@H]2C=C[C@H]1C. The Bertz CT molecular complexity index is 823. The quantitative estimate of drug-likeness (QED) is 0.612. The van der Waals surface area contributed by atoms with Crippen LogP contribution in [0.15, 0.2) is 42.5 Å². The van der Waals surface area contributed by atoms with Crippen molar-refractivity contribution in [2.45, 2.75) is 38.9 Å². The van der Waals surface area contributed by atoms with Crippen molar-refractivity contribution < 1.29 is 19.5 Å². The van der Waals surface area contributed by atoms with E-state index in [2.05, 4.69) is 10.6 Å². The second kappa shape index (κ2) is 9.00. The Balaban J connectivity index is 2.10. The fourth-order valence-electron chi connectivity index (χ4n) is 4.84. The number of likely N-dealkylation sites (tertiary alicyclic amines) is 1. The highest BCUT2D eigenvalue weighted by Gasteiger charge is 2.58. The van der Waals surface area contributed by atoms with Crippen LogP contribution in [0.5, 0.6) is 0 Å². The van der Waals surface area contributed by atoms with Gasteiger partial charge in [0.05, 0.1) is 24.5 Å². The lowest BCUT2D eigenvalue weighted by molar-refractivity contribution is -0.143. The van der Waals surface area contributed by atoms with E-state index in [1.165, 1.54) is 4.90 Å². The normalized spacial score (nSPS) is 28.9. The zero-order valence-corrected chi connectivity index (χ0v) is 17.9. The van der Waals surface area contributed by atoms with E-state index < -0.39 is 29.8 Å². The molecule has 30 heavy (non-hydrogen) atoms. The summed E-state index contributed by atoms with van der Waals surface area (Å²) in [6, 6.07) is 7.65. The molecule has 1 aromatic rings. The van der Waals surface area contributed by atoms with Gasteiger partial charge >= 0.3 is 0 Å². The molecule has 0 spiro atoms. The molecule has 1 aliphatic heterocycles. The molecule has 0 saturated carbocycles. The van der Waals surface area contributed by atoms with Gasteiger partial charge in [-0.05, 0) is 25.3 Å². The van der Waals surface area contributed by atoms with Crippen LogP contribution in [0.25, 0.3) is 0 Å². The molecule has 1 heterocycles. The van der Waals surface area contributed by atoms with Gasteiger partial charge < -0.3 is 20.6 Å². The summed E-state index contributed by atoms with van der Waals surface area (Å²) in [6.45, 7) is 5.32. The third-order valence-electron chi connectivity index (χ3n) is 6.15. The van der Waals surface area contributed by atoms with E-state index in [0.717, 1.165) is 5.56 Å². The number of aliphatic hydroxyl groups excluding tert-OH is 1. The van der Waals surface area contributed by atoms with Gasteiger partial charge in [-0.15, -0.1) is 0 Å². The second-order valence-corrected chi connectivity index (χ2v) is 8.45. The first kappa shape index (κ1) is 22.0. The van der Waals surface area contributed by atoms with E-state index in [1.54, 1.807) is 7.05 Å². The van der Waals surface area contributed by atoms with Crippen LogP contribution in [-0.2, 0) is 14.4 Å². The molecule has 0 unspecified atom stereocenters. The molecule has 7 heteroatoms. The summed E-state index contributed by atoms with van der Waals surface area (Å²) in [6.07, 6.45) is 3.82. The number of nitrogens with one attached hydrogen (secondary N) is 2. The number of hydrogen-bond donors (Lipinski definition) is 3. The van der Waals surface area contributed by atoms with Crippen molar-refractivity contribution in [3.63, 3.8) is 0 Å². The number of benzene rings is 1. The van der Waals surface area contributed by atoms with Crippen LogP contribution >= 0.6 is 0 Å². The minimum Gasteiger partial charge on any atom is -0.394 e. The average Bonchev–Trinajstić information content (AvgIpc) is 3.01. The predicted molar refractivity (Wildman–Crippen MR) is 113 cm³/mol. The van der Waals surface area contributed by atoms with Crippen molar-refractivity contribution in [2.75, 3.05) is 13.7 Å². The first-order valence-electron chi connectivity index (χ1n) is 10.5. The summed E-state index contributed by atoms with van der Waals surface area (Å²) < 4.78 is 0. The van der Waals surface area contributed by atoms with E-state index in [1.807, 2.05) is 63.3 Å². The molecule has 6 atom stereocenters. The molecule has 1 aliphatic carbocycles. The fourth-order valence-corrected chi connectivity index (χ4v) is 4.84. The van der Waals surface area contributed by atoms with Gasteiger partial charge in [-0.3, -0.25) is 14.4 Å². The maximum absolute atomic E-state index is 13.7. The lowest BCUT2D eigenvalue weighted by Crippen LogP contribution is -2.50. The molecule has 2 aliphatic rings. The number of nitrogens with zero attached hydrogens (tertiary/aromatic N) is 1. The van der Waals surface area contributed by atoms with Gasteiger partial charge in [0.2, 0.25) is 17.7 Å². The summed E-state index contributed by atoms with van der Waals surface area (Å²) in [7, 11) is 1.56. The maximum atomic E-state index is 13.7. The molecule has 1 aromatic carbocycles. The Morgan fingerprint density at radius 2 is 1.80 bits per heavy atom. The lowest BCUT2D eigenvalue weighted by atomic mass is 9.70. The Morgan fingerprint density at radius 3 is 2.37 bits per heavy atom. The van der Waals surface area contributed by atoms with Crippen molar-refractivity contribution >= 4 is 17.7 Å². The van der Waals surface area contributed by atoms with Crippen molar-refractivity contribution in [2.24, 2.45) is 23.7 Å². The fraction of sp³-hybridized carbons (Fsp3) is 0.522. The number of carbonyl (C=O) groups is 3. The molecule has 7 nitrogen and oxygen atoms in total. The largest absolute Gasteiger partial charge is 0.394 e. The van der Waals surface area contributed by atoms with E-state index in [0.29, 0.717) is 0 Å². The highest BCUT2D eigenvalue weighted by atomic mass is 16.3. The van der Waals surface area contributed by atoms with Crippen LogP contribution in [0.3, 0.4) is 0 Å². The van der Waals surface area contributed by atoms with Gasteiger partial charge in [-0.25, -0.2) is 0 Å². The van der Waals surface area contributed by atoms with Crippen LogP contribution < -0.4 is 10.6 Å². The van der Waals surface area contributed by atoms with E-state index in [9.17, 15) is 19.5 Å².